The van der Waals surface area contributed by atoms with E-state index in [1.807, 2.05) is 19.9 Å². The van der Waals surface area contributed by atoms with Crippen LogP contribution in [0.1, 0.15) is 16.7 Å². The van der Waals surface area contributed by atoms with Crippen molar-refractivity contribution in [1.29, 1.82) is 0 Å². The van der Waals surface area contributed by atoms with Crippen molar-refractivity contribution in [2.45, 2.75) is 30.6 Å². The third-order valence-electron chi connectivity index (χ3n) is 6.09. The molecule has 0 heterocycles. The van der Waals surface area contributed by atoms with Crippen LogP contribution >= 0.6 is 0 Å². The van der Waals surface area contributed by atoms with Gasteiger partial charge >= 0.3 is 0 Å². The Morgan fingerprint density at radius 1 is 0.750 bits per heavy atom. The van der Waals surface area contributed by atoms with Crippen LogP contribution in [0.5, 0.6) is 0 Å². The minimum Gasteiger partial charge on any atom is -0.325 e. The maximum Gasteiger partial charge on any atom is 0.264 e. The van der Waals surface area contributed by atoms with Gasteiger partial charge in [-0.05, 0) is 93.1 Å². The number of aryl methyl sites for hydroxylation is 3. The molecule has 1 amide bonds. The van der Waals surface area contributed by atoms with E-state index in [9.17, 15) is 26.0 Å². The molecule has 0 aliphatic carbocycles. The zero-order valence-electron chi connectivity index (χ0n) is 22.1. The maximum atomic E-state index is 13.4. The molecule has 0 unspecified atom stereocenters. The third kappa shape index (κ3) is 6.67. The van der Waals surface area contributed by atoms with Gasteiger partial charge in [0.05, 0.1) is 21.2 Å². The van der Waals surface area contributed by atoms with Gasteiger partial charge in [0, 0.05) is 5.69 Å². The van der Waals surface area contributed by atoms with E-state index in [1.54, 1.807) is 43.3 Å². The van der Waals surface area contributed by atoms with Gasteiger partial charge in [0.1, 0.15) is 12.4 Å². The Kier molecular flexibility index (Phi) is 8.26. The number of nitrogens with one attached hydrogen (secondary N) is 2. The molecule has 0 bridgehead atoms. The first-order valence-electron chi connectivity index (χ1n) is 12.2. The van der Waals surface area contributed by atoms with E-state index in [-0.39, 0.29) is 21.2 Å². The fraction of sp³-hybridized carbons (Fsp3) is 0.138. The molecule has 0 atom stereocenters. The summed E-state index contributed by atoms with van der Waals surface area (Å²) in [6.45, 7) is 4.99. The Balaban J connectivity index is 1.53. The molecule has 0 aromatic heterocycles. The first-order chi connectivity index (χ1) is 18.8. The maximum absolute atomic E-state index is 13.4. The molecule has 0 saturated carbocycles. The molecular weight excluding hydrogens is 553 g/mol. The zero-order chi connectivity index (χ0) is 29.1. The lowest BCUT2D eigenvalue weighted by atomic mass is 10.1. The second-order valence-electron chi connectivity index (χ2n) is 9.30. The molecule has 4 aromatic carbocycles. The van der Waals surface area contributed by atoms with Gasteiger partial charge in [0.15, 0.2) is 0 Å². The number of sulfonamides is 2. The Morgan fingerprint density at radius 3 is 1.93 bits per heavy atom. The molecule has 8 nitrogen and oxygen atoms in total. The summed E-state index contributed by atoms with van der Waals surface area (Å²) < 4.78 is 69.5. The minimum atomic E-state index is -4.21. The van der Waals surface area contributed by atoms with Gasteiger partial charge < -0.3 is 5.32 Å². The molecule has 0 spiro atoms. The summed E-state index contributed by atoms with van der Waals surface area (Å²) in [7, 11) is -8.10. The molecule has 40 heavy (non-hydrogen) atoms. The van der Waals surface area contributed by atoms with Crippen molar-refractivity contribution in [3.05, 3.63) is 114 Å². The van der Waals surface area contributed by atoms with Crippen LogP contribution in [0.2, 0.25) is 0 Å². The molecule has 4 rings (SSSR count). The lowest BCUT2D eigenvalue weighted by molar-refractivity contribution is -0.114. The van der Waals surface area contributed by atoms with E-state index < -0.39 is 38.3 Å². The van der Waals surface area contributed by atoms with Gasteiger partial charge in [-0.25, -0.2) is 21.2 Å². The highest BCUT2D eigenvalue weighted by atomic mass is 32.2. The molecule has 0 aliphatic rings. The zero-order valence-corrected chi connectivity index (χ0v) is 23.7. The molecule has 0 radical (unpaired) electrons. The summed E-state index contributed by atoms with van der Waals surface area (Å²) in [5, 5.41) is 2.61. The topological polar surface area (TPSA) is 113 Å². The van der Waals surface area contributed by atoms with Crippen LogP contribution in [0, 0.1) is 26.6 Å². The van der Waals surface area contributed by atoms with E-state index in [0.29, 0.717) is 5.69 Å². The Hall–Kier alpha value is -4.22. The Morgan fingerprint density at radius 2 is 1.32 bits per heavy atom. The van der Waals surface area contributed by atoms with Crippen LogP contribution in [-0.4, -0.2) is 29.3 Å². The van der Waals surface area contributed by atoms with E-state index in [2.05, 4.69) is 10.0 Å². The van der Waals surface area contributed by atoms with E-state index >= 15 is 0 Å². The molecule has 4 aromatic rings. The van der Waals surface area contributed by atoms with Crippen LogP contribution in [0.15, 0.2) is 101 Å². The average molecular weight is 582 g/mol. The van der Waals surface area contributed by atoms with Crippen LogP contribution in [0.25, 0.3) is 0 Å². The van der Waals surface area contributed by atoms with Crippen molar-refractivity contribution in [3.8, 4) is 0 Å². The summed E-state index contributed by atoms with van der Waals surface area (Å²) in [6.07, 6.45) is 0. The van der Waals surface area contributed by atoms with E-state index in [0.717, 1.165) is 45.3 Å². The molecular formula is C29H28FN3O5S2. The predicted molar refractivity (Wildman–Crippen MR) is 154 cm³/mol. The van der Waals surface area contributed by atoms with Crippen molar-refractivity contribution in [2.24, 2.45) is 0 Å². The van der Waals surface area contributed by atoms with Crippen molar-refractivity contribution in [1.82, 2.24) is 0 Å². The number of nitrogens with zero attached hydrogens (tertiary/aromatic N) is 1. The normalized spacial score (nSPS) is 11.6. The smallest absolute Gasteiger partial charge is 0.264 e. The van der Waals surface area contributed by atoms with Gasteiger partial charge in [0.2, 0.25) is 5.91 Å². The fourth-order valence-electron chi connectivity index (χ4n) is 3.94. The number of carbonyl (C=O) groups is 1. The second-order valence-corrected chi connectivity index (χ2v) is 12.8. The van der Waals surface area contributed by atoms with Crippen molar-refractivity contribution < 1.29 is 26.0 Å². The van der Waals surface area contributed by atoms with Crippen molar-refractivity contribution in [3.63, 3.8) is 0 Å². The van der Waals surface area contributed by atoms with Gasteiger partial charge in [-0.15, -0.1) is 0 Å². The van der Waals surface area contributed by atoms with Crippen LogP contribution in [-0.2, 0) is 24.8 Å². The van der Waals surface area contributed by atoms with Crippen LogP contribution in [0.3, 0.4) is 0 Å². The molecule has 0 aliphatic heterocycles. The Labute approximate surface area is 233 Å². The summed E-state index contributed by atoms with van der Waals surface area (Å²) >= 11 is 0. The number of anilines is 3. The number of hydrogen-bond acceptors (Lipinski definition) is 5. The highest BCUT2D eigenvalue weighted by Crippen LogP contribution is 2.25. The average Bonchev–Trinajstić information content (AvgIpc) is 2.90. The monoisotopic (exact) mass is 581 g/mol. The largest absolute Gasteiger partial charge is 0.325 e. The van der Waals surface area contributed by atoms with Gasteiger partial charge in [-0.1, -0.05) is 35.4 Å². The van der Waals surface area contributed by atoms with Gasteiger partial charge in [-0.2, -0.15) is 0 Å². The summed E-state index contributed by atoms with van der Waals surface area (Å²) in [6, 6.07) is 21.8. The fourth-order valence-corrected chi connectivity index (χ4v) is 6.49. The number of rotatable bonds is 9. The summed E-state index contributed by atoms with van der Waals surface area (Å²) in [5.41, 5.74) is 3.67. The third-order valence-corrected chi connectivity index (χ3v) is 9.25. The van der Waals surface area contributed by atoms with Gasteiger partial charge in [-0.3, -0.25) is 13.8 Å². The SMILES string of the molecule is Cc1ccc(N(CC(=O)Nc2ccc(S(=O)(=O)Nc3ccc(C)cc3C)cc2)S(=O)(=O)c2ccc(F)cc2)cc1. The molecule has 2 N–H and O–H groups in total. The predicted octanol–water partition coefficient (Wildman–Crippen LogP) is 5.39. The first-order valence-corrected chi connectivity index (χ1v) is 15.1. The number of carbonyl (C=O) groups excluding carboxylic acids is 1. The van der Waals surface area contributed by atoms with Crippen LogP contribution < -0.4 is 14.3 Å². The number of amides is 1. The quantitative estimate of drug-likeness (QED) is 0.275. The standard InChI is InChI=1S/C29H28FN3O5S2/c1-20-4-11-25(12-5-20)33(40(37,38)27-13-7-23(30)8-14-27)19-29(34)31-24-9-15-26(16-10-24)39(35,36)32-28-17-6-21(2)18-22(28)3/h4-18,32H,19H2,1-3H3,(H,31,34). The van der Waals surface area contributed by atoms with E-state index in [4.69, 9.17) is 0 Å². The van der Waals surface area contributed by atoms with Crippen molar-refractivity contribution >= 4 is 43.0 Å². The number of hydrogen-bond donors (Lipinski definition) is 2. The number of halogens is 1. The Bertz CT molecular complexity index is 1740. The minimum absolute atomic E-state index is 0.00866. The number of benzene rings is 4. The van der Waals surface area contributed by atoms with Gasteiger partial charge in [0.25, 0.3) is 20.0 Å². The highest BCUT2D eigenvalue weighted by Gasteiger charge is 2.27. The lowest BCUT2D eigenvalue weighted by Crippen LogP contribution is -2.38. The lowest BCUT2D eigenvalue weighted by Gasteiger charge is -2.24. The molecule has 11 heteroatoms. The second kappa shape index (κ2) is 11.5. The molecule has 208 valence electrons. The highest BCUT2D eigenvalue weighted by molar-refractivity contribution is 7.93. The molecule has 0 fully saturated rings. The summed E-state index contributed by atoms with van der Waals surface area (Å²) in [5.74, 6) is -1.25. The van der Waals surface area contributed by atoms with Crippen molar-refractivity contribution in [2.75, 3.05) is 20.9 Å². The van der Waals surface area contributed by atoms with Crippen LogP contribution in [0.4, 0.5) is 21.5 Å². The first kappa shape index (κ1) is 28.8. The summed E-state index contributed by atoms with van der Waals surface area (Å²) in [4.78, 5) is 12.8. The molecule has 0 saturated heterocycles. The van der Waals surface area contributed by atoms with E-state index in [1.165, 1.54) is 24.3 Å².